The van der Waals surface area contributed by atoms with Gasteiger partial charge in [-0.05, 0) is 36.8 Å². The van der Waals surface area contributed by atoms with E-state index < -0.39 is 0 Å². The minimum atomic E-state index is -0.105. The highest BCUT2D eigenvalue weighted by atomic mass is 35.5. The first kappa shape index (κ1) is 18.8. The summed E-state index contributed by atoms with van der Waals surface area (Å²) in [5, 5.41) is 2.83. The lowest BCUT2D eigenvalue weighted by molar-refractivity contribution is -0.127. The number of thioether (sulfide) groups is 1. The molecule has 0 unspecified atom stereocenters. The summed E-state index contributed by atoms with van der Waals surface area (Å²) >= 11 is 8.66. The maximum atomic E-state index is 12.1. The second kappa shape index (κ2) is 9.11. The molecule has 0 radical (unpaired) electrons. The molecule has 7 heteroatoms. The maximum absolute atomic E-state index is 12.1. The van der Waals surface area contributed by atoms with Crippen LogP contribution in [0, 0.1) is 6.92 Å². The Morgan fingerprint density at radius 1 is 1.25 bits per heavy atom. The van der Waals surface area contributed by atoms with Gasteiger partial charge < -0.3 is 10.2 Å². The molecule has 0 aliphatic rings. The second-order valence-electron chi connectivity index (χ2n) is 5.37. The fraction of sp³-hybridized carbons (Fsp3) is 0.294. The molecule has 1 aromatic carbocycles. The Hall–Kier alpha value is -1.50. The predicted molar refractivity (Wildman–Crippen MR) is 103 cm³/mol. The lowest BCUT2D eigenvalue weighted by atomic mass is 10.2. The van der Waals surface area contributed by atoms with Gasteiger partial charge in [-0.2, -0.15) is 0 Å². The number of carbonyl (C=O) groups excluding carboxylic acids is 2. The van der Waals surface area contributed by atoms with E-state index in [1.807, 2.05) is 43.3 Å². The molecule has 2 aromatic rings. The minimum Gasteiger partial charge on any atom is -0.340 e. The van der Waals surface area contributed by atoms with Crippen molar-refractivity contribution in [2.45, 2.75) is 13.5 Å². The van der Waals surface area contributed by atoms with Crippen LogP contribution >= 0.6 is 34.7 Å². The van der Waals surface area contributed by atoms with Crippen molar-refractivity contribution in [3.8, 4) is 0 Å². The van der Waals surface area contributed by atoms with Gasteiger partial charge in [-0.25, -0.2) is 0 Å². The number of hydrogen-bond donors (Lipinski definition) is 1. The summed E-state index contributed by atoms with van der Waals surface area (Å²) in [5.74, 6) is 0.411. The highest BCUT2D eigenvalue weighted by Crippen LogP contribution is 2.22. The lowest BCUT2D eigenvalue weighted by Crippen LogP contribution is -2.28. The third-order valence-electron chi connectivity index (χ3n) is 3.21. The summed E-state index contributed by atoms with van der Waals surface area (Å²) in [7, 11) is 1.75. The van der Waals surface area contributed by atoms with Gasteiger partial charge in [-0.15, -0.1) is 23.1 Å². The number of nitrogens with zero attached hydrogens (tertiary/aromatic N) is 1. The van der Waals surface area contributed by atoms with Crippen LogP contribution in [0.3, 0.4) is 0 Å². The normalized spacial score (nSPS) is 10.5. The van der Waals surface area contributed by atoms with Crippen LogP contribution in [0.2, 0.25) is 4.34 Å². The van der Waals surface area contributed by atoms with E-state index >= 15 is 0 Å². The molecule has 0 saturated carbocycles. The monoisotopic (exact) mass is 382 g/mol. The fourth-order valence-electron chi connectivity index (χ4n) is 2.02. The lowest BCUT2D eigenvalue weighted by Gasteiger charge is -2.15. The van der Waals surface area contributed by atoms with Crippen molar-refractivity contribution in [3.05, 3.63) is 51.2 Å². The van der Waals surface area contributed by atoms with Gasteiger partial charge in [0.05, 0.1) is 22.4 Å². The first-order valence-corrected chi connectivity index (χ1v) is 9.71. The van der Waals surface area contributed by atoms with Gasteiger partial charge in [-0.1, -0.05) is 23.7 Å². The Balaban J connectivity index is 1.70. The molecule has 1 N–H and O–H groups in total. The van der Waals surface area contributed by atoms with E-state index in [1.54, 1.807) is 11.9 Å². The van der Waals surface area contributed by atoms with Gasteiger partial charge >= 0.3 is 0 Å². The van der Waals surface area contributed by atoms with Crippen molar-refractivity contribution >= 4 is 52.2 Å². The average Bonchev–Trinajstić information content (AvgIpc) is 2.92. The molecule has 0 atom stereocenters. The quantitative estimate of drug-likeness (QED) is 0.786. The van der Waals surface area contributed by atoms with Crippen molar-refractivity contribution in [2.24, 2.45) is 0 Å². The molecule has 0 spiro atoms. The summed E-state index contributed by atoms with van der Waals surface area (Å²) in [5.41, 5.74) is 1.87. The topological polar surface area (TPSA) is 49.4 Å². The Labute approximate surface area is 155 Å². The van der Waals surface area contributed by atoms with Gasteiger partial charge in [-0.3, -0.25) is 9.59 Å². The third kappa shape index (κ3) is 6.19. The second-order valence-corrected chi connectivity index (χ2v) is 8.15. The van der Waals surface area contributed by atoms with Crippen LogP contribution in [0.15, 0.2) is 36.4 Å². The summed E-state index contributed by atoms with van der Waals surface area (Å²) in [4.78, 5) is 26.7. The molecule has 0 fully saturated rings. The zero-order valence-electron chi connectivity index (χ0n) is 13.5. The van der Waals surface area contributed by atoms with Crippen LogP contribution in [0.4, 0.5) is 5.69 Å². The molecule has 24 heavy (non-hydrogen) atoms. The number of rotatable bonds is 7. The van der Waals surface area contributed by atoms with Gasteiger partial charge in [0, 0.05) is 17.6 Å². The highest BCUT2D eigenvalue weighted by Gasteiger charge is 2.12. The van der Waals surface area contributed by atoms with Gasteiger partial charge in [0.1, 0.15) is 0 Å². The van der Waals surface area contributed by atoms with Gasteiger partial charge in [0.25, 0.3) is 0 Å². The SMILES string of the molecule is Cc1cccc(NC(=O)CSCC(=O)N(C)Cc2ccc(Cl)s2)c1. The summed E-state index contributed by atoms with van der Waals surface area (Å²) in [6, 6.07) is 11.4. The molecule has 0 aliphatic carbocycles. The van der Waals surface area contributed by atoms with Crippen molar-refractivity contribution in [1.29, 1.82) is 0 Å². The Bertz CT molecular complexity index is 718. The molecule has 1 aromatic heterocycles. The van der Waals surface area contributed by atoms with Crippen LogP contribution in [-0.4, -0.2) is 35.3 Å². The van der Waals surface area contributed by atoms with E-state index in [4.69, 9.17) is 11.6 Å². The van der Waals surface area contributed by atoms with Crippen LogP contribution in [0.5, 0.6) is 0 Å². The van der Waals surface area contributed by atoms with E-state index in [9.17, 15) is 9.59 Å². The number of carbonyl (C=O) groups is 2. The molecule has 0 bridgehead atoms. The summed E-state index contributed by atoms with van der Waals surface area (Å²) in [6.07, 6.45) is 0. The first-order valence-electron chi connectivity index (χ1n) is 7.36. The molecule has 1 heterocycles. The average molecular weight is 383 g/mol. The molecule has 2 amide bonds. The van der Waals surface area contributed by atoms with Crippen LogP contribution < -0.4 is 5.32 Å². The zero-order chi connectivity index (χ0) is 17.5. The summed E-state index contributed by atoms with van der Waals surface area (Å²) in [6.45, 7) is 2.51. The molecule has 128 valence electrons. The number of hydrogen-bond acceptors (Lipinski definition) is 4. The first-order chi connectivity index (χ1) is 11.4. The van der Waals surface area contributed by atoms with E-state index in [0.29, 0.717) is 10.9 Å². The number of thiophene rings is 1. The molecule has 2 rings (SSSR count). The van der Waals surface area contributed by atoms with E-state index in [0.717, 1.165) is 16.1 Å². The number of nitrogens with one attached hydrogen (secondary N) is 1. The minimum absolute atomic E-state index is 0.00659. The van der Waals surface area contributed by atoms with Crippen LogP contribution in [0.1, 0.15) is 10.4 Å². The number of amides is 2. The Morgan fingerprint density at radius 3 is 2.71 bits per heavy atom. The largest absolute Gasteiger partial charge is 0.340 e. The van der Waals surface area contributed by atoms with E-state index in [-0.39, 0.29) is 23.3 Å². The van der Waals surface area contributed by atoms with Crippen LogP contribution in [0.25, 0.3) is 0 Å². The Morgan fingerprint density at radius 2 is 2.04 bits per heavy atom. The molecule has 0 aliphatic heterocycles. The fourth-order valence-corrected chi connectivity index (χ4v) is 3.92. The summed E-state index contributed by atoms with van der Waals surface area (Å²) < 4.78 is 0.716. The predicted octanol–water partition coefficient (Wildman–Crippen LogP) is 4.04. The number of anilines is 1. The highest BCUT2D eigenvalue weighted by molar-refractivity contribution is 8.00. The van der Waals surface area contributed by atoms with Crippen molar-refractivity contribution in [1.82, 2.24) is 4.90 Å². The maximum Gasteiger partial charge on any atom is 0.234 e. The molecule has 4 nitrogen and oxygen atoms in total. The smallest absolute Gasteiger partial charge is 0.234 e. The van der Waals surface area contributed by atoms with Crippen molar-refractivity contribution in [2.75, 3.05) is 23.9 Å². The number of benzene rings is 1. The van der Waals surface area contributed by atoms with Crippen molar-refractivity contribution < 1.29 is 9.59 Å². The zero-order valence-corrected chi connectivity index (χ0v) is 15.9. The molecular weight excluding hydrogens is 364 g/mol. The van der Waals surface area contributed by atoms with E-state index in [1.165, 1.54) is 23.1 Å². The Kier molecular flexibility index (Phi) is 7.15. The molecular formula is C17H19ClN2O2S2. The molecule has 0 saturated heterocycles. The third-order valence-corrected chi connectivity index (χ3v) is 5.34. The van der Waals surface area contributed by atoms with Crippen molar-refractivity contribution in [3.63, 3.8) is 0 Å². The van der Waals surface area contributed by atoms with Gasteiger partial charge in [0.2, 0.25) is 11.8 Å². The van der Waals surface area contributed by atoms with E-state index in [2.05, 4.69) is 5.32 Å². The van der Waals surface area contributed by atoms with Gasteiger partial charge in [0.15, 0.2) is 0 Å². The number of aryl methyl sites for hydroxylation is 1. The standard InChI is InChI=1S/C17H19ClN2O2S2/c1-12-4-3-5-13(8-12)19-16(21)10-23-11-17(22)20(2)9-14-6-7-15(18)24-14/h3-8H,9-11H2,1-2H3,(H,19,21). The number of halogens is 1. The van der Waals surface area contributed by atoms with Crippen LogP contribution in [-0.2, 0) is 16.1 Å².